The summed E-state index contributed by atoms with van der Waals surface area (Å²) in [7, 11) is -2.17. The van der Waals surface area contributed by atoms with Crippen LogP contribution in [0.25, 0.3) is 0 Å². The number of rotatable bonds is 6. The van der Waals surface area contributed by atoms with Gasteiger partial charge in [0.1, 0.15) is 0 Å². The van der Waals surface area contributed by atoms with Crippen LogP contribution in [0.1, 0.15) is 18.4 Å². The van der Waals surface area contributed by atoms with Crippen LogP contribution in [-0.4, -0.2) is 50.2 Å². The molecule has 1 amide bonds. The third kappa shape index (κ3) is 5.10. The number of aromatic hydroxyl groups is 1. The fraction of sp³-hybridized carbons (Fsp3) is 0.300. The van der Waals surface area contributed by atoms with E-state index in [9.17, 15) is 18.3 Å². The summed E-state index contributed by atoms with van der Waals surface area (Å²) in [6.07, 6.45) is 2.25. The van der Waals surface area contributed by atoms with Crippen molar-refractivity contribution in [3.63, 3.8) is 0 Å². The Balaban J connectivity index is 1.54. The minimum absolute atomic E-state index is 0.0130. The second kappa shape index (κ2) is 9.46. The Morgan fingerprint density at radius 1 is 1.23 bits per heavy atom. The second-order valence-corrected chi connectivity index (χ2v) is 9.17. The van der Waals surface area contributed by atoms with Crippen molar-refractivity contribution in [1.29, 1.82) is 0 Å². The Labute approximate surface area is 180 Å². The quantitative estimate of drug-likeness (QED) is 0.518. The van der Waals surface area contributed by atoms with Gasteiger partial charge in [0.2, 0.25) is 15.9 Å². The van der Waals surface area contributed by atoms with E-state index in [0.717, 1.165) is 0 Å². The second-order valence-electron chi connectivity index (χ2n) is 6.80. The number of halogens is 1. The van der Waals surface area contributed by atoms with Crippen molar-refractivity contribution in [1.82, 2.24) is 9.73 Å². The molecule has 0 bridgehead atoms. The van der Waals surface area contributed by atoms with E-state index in [-0.39, 0.29) is 35.6 Å². The standard InChI is InChI=1S/C20H22ClN3O5S/c1-29-19-12-14(2-7-18(19)25)13-22-23-20(26)15-8-10-24(11-9-15)30(27,28)17-5-3-16(21)4-6-17/h2-7,12-13,15,25H,8-11H2,1H3,(H,23,26)/b22-13+. The van der Waals surface area contributed by atoms with E-state index in [1.54, 1.807) is 12.1 Å². The van der Waals surface area contributed by atoms with Crippen molar-refractivity contribution >= 4 is 33.7 Å². The number of phenolic OH excluding ortho intramolecular Hbond substituents is 1. The average molecular weight is 452 g/mol. The van der Waals surface area contributed by atoms with Gasteiger partial charge >= 0.3 is 0 Å². The summed E-state index contributed by atoms with van der Waals surface area (Å²) in [5.74, 6) is -0.271. The molecule has 1 aliphatic heterocycles. The third-order valence-corrected chi connectivity index (χ3v) is 7.03. The number of benzene rings is 2. The molecule has 0 aliphatic carbocycles. The molecule has 2 aromatic rings. The Morgan fingerprint density at radius 2 is 1.90 bits per heavy atom. The summed E-state index contributed by atoms with van der Waals surface area (Å²) in [5.41, 5.74) is 3.14. The molecule has 3 rings (SSSR count). The van der Waals surface area contributed by atoms with Crippen molar-refractivity contribution in [2.75, 3.05) is 20.2 Å². The van der Waals surface area contributed by atoms with Gasteiger partial charge in [-0.3, -0.25) is 4.79 Å². The zero-order chi connectivity index (χ0) is 21.7. The molecule has 0 aromatic heterocycles. The van der Waals surface area contributed by atoms with E-state index < -0.39 is 10.0 Å². The molecule has 160 valence electrons. The SMILES string of the molecule is COc1cc(/C=N/NC(=O)C2CCN(S(=O)(=O)c3ccc(Cl)cc3)CC2)ccc1O. The molecule has 0 unspecified atom stereocenters. The van der Waals surface area contributed by atoms with Crippen molar-refractivity contribution in [3.8, 4) is 11.5 Å². The minimum atomic E-state index is -3.61. The topological polar surface area (TPSA) is 108 Å². The van der Waals surface area contributed by atoms with Gasteiger partial charge in [-0.25, -0.2) is 13.8 Å². The normalized spacial score (nSPS) is 15.9. The molecular weight excluding hydrogens is 430 g/mol. The predicted molar refractivity (Wildman–Crippen MR) is 113 cm³/mol. The summed E-state index contributed by atoms with van der Waals surface area (Å²) in [4.78, 5) is 12.5. The number of ether oxygens (including phenoxy) is 1. The Hall–Kier alpha value is -2.62. The summed E-state index contributed by atoms with van der Waals surface area (Å²) in [6.45, 7) is 0.504. The lowest BCUT2D eigenvalue weighted by atomic mass is 9.98. The van der Waals surface area contributed by atoms with Crippen LogP contribution >= 0.6 is 11.6 Å². The predicted octanol–water partition coefficient (Wildman–Crippen LogP) is 2.61. The van der Waals surface area contributed by atoms with Crippen molar-refractivity contribution in [3.05, 3.63) is 53.1 Å². The highest BCUT2D eigenvalue weighted by Crippen LogP contribution is 2.26. The largest absolute Gasteiger partial charge is 0.504 e. The number of piperidine rings is 1. The Kier molecular flexibility index (Phi) is 6.96. The van der Waals surface area contributed by atoms with E-state index in [4.69, 9.17) is 16.3 Å². The minimum Gasteiger partial charge on any atom is -0.504 e. The van der Waals surface area contributed by atoms with Crippen molar-refractivity contribution in [2.24, 2.45) is 11.0 Å². The van der Waals surface area contributed by atoms with Crippen LogP contribution in [-0.2, 0) is 14.8 Å². The highest BCUT2D eigenvalue weighted by molar-refractivity contribution is 7.89. The lowest BCUT2D eigenvalue weighted by molar-refractivity contribution is -0.126. The van der Waals surface area contributed by atoms with Crippen molar-refractivity contribution in [2.45, 2.75) is 17.7 Å². The number of hydrogen-bond acceptors (Lipinski definition) is 6. The van der Waals surface area contributed by atoms with E-state index >= 15 is 0 Å². The smallest absolute Gasteiger partial charge is 0.243 e. The first-order valence-corrected chi connectivity index (χ1v) is 11.1. The van der Waals surface area contributed by atoms with Crippen LogP contribution in [0.5, 0.6) is 11.5 Å². The van der Waals surface area contributed by atoms with Gasteiger partial charge in [-0.05, 0) is 60.9 Å². The first-order valence-electron chi connectivity index (χ1n) is 9.27. The van der Waals surface area contributed by atoms with Crippen LogP contribution in [0.15, 0.2) is 52.5 Å². The van der Waals surface area contributed by atoms with Gasteiger partial charge in [0.15, 0.2) is 11.5 Å². The van der Waals surface area contributed by atoms with Gasteiger partial charge in [-0.15, -0.1) is 0 Å². The average Bonchev–Trinajstić information content (AvgIpc) is 2.75. The molecule has 2 N–H and O–H groups in total. The molecule has 10 heteroatoms. The Morgan fingerprint density at radius 3 is 2.53 bits per heavy atom. The first kappa shape index (κ1) is 22.1. The van der Waals surface area contributed by atoms with Gasteiger partial charge in [-0.2, -0.15) is 9.41 Å². The number of hydrogen-bond donors (Lipinski definition) is 2. The number of hydrazone groups is 1. The van der Waals surface area contributed by atoms with E-state index in [2.05, 4.69) is 10.5 Å². The number of amides is 1. The maximum absolute atomic E-state index is 12.7. The zero-order valence-electron chi connectivity index (χ0n) is 16.3. The van der Waals surface area contributed by atoms with Crippen LogP contribution in [0, 0.1) is 5.92 Å². The lowest BCUT2D eigenvalue weighted by Gasteiger charge is -2.30. The summed E-state index contributed by atoms with van der Waals surface area (Å²) >= 11 is 5.82. The fourth-order valence-corrected chi connectivity index (χ4v) is 4.75. The van der Waals surface area contributed by atoms with Crippen LogP contribution in [0.4, 0.5) is 0 Å². The number of sulfonamides is 1. The van der Waals surface area contributed by atoms with Crippen LogP contribution in [0.3, 0.4) is 0 Å². The molecule has 2 aromatic carbocycles. The van der Waals surface area contributed by atoms with E-state index in [1.165, 1.54) is 48.0 Å². The maximum atomic E-state index is 12.7. The van der Waals surface area contributed by atoms with Crippen molar-refractivity contribution < 1.29 is 23.1 Å². The van der Waals surface area contributed by atoms with E-state index in [0.29, 0.717) is 29.2 Å². The van der Waals surface area contributed by atoms with Crippen LogP contribution < -0.4 is 10.2 Å². The number of methoxy groups -OCH3 is 1. The molecule has 0 atom stereocenters. The molecule has 30 heavy (non-hydrogen) atoms. The first-order chi connectivity index (χ1) is 14.3. The number of carbonyl (C=O) groups excluding carboxylic acids is 1. The highest BCUT2D eigenvalue weighted by Gasteiger charge is 2.32. The number of phenols is 1. The summed E-state index contributed by atoms with van der Waals surface area (Å²) in [6, 6.07) is 10.7. The van der Waals surface area contributed by atoms with Gasteiger partial charge in [0, 0.05) is 24.0 Å². The van der Waals surface area contributed by atoms with E-state index in [1.807, 2.05) is 0 Å². The molecule has 0 saturated carbocycles. The molecule has 0 radical (unpaired) electrons. The fourth-order valence-electron chi connectivity index (χ4n) is 3.15. The molecule has 1 heterocycles. The molecule has 1 fully saturated rings. The van der Waals surface area contributed by atoms with Crippen LogP contribution in [0.2, 0.25) is 5.02 Å². The molecular formula is C20H22ClN3O5S. The number of nitrogens with zero attached hydrogens (tertiary/aromatic N) is 2. The lowest BCUT2D eigenvalue weighted by Crippen LogP contribution is -2.42. The van der Waals surface area contributed by atoms with Gasteiger partial charge in [0.05, 0.1) is 18.2 Å². The third-order valence-electron chi connectivity index (χ3n) is 4.87. The number of carbonyl (C=O) groups is 1. The van der Waals surface area contributed by atoms with Gasteiger partial charge in [-0.1, -0.05) is 11.6 Å². The number of nitrogens with one attached hydrogen (secondary N) is 1. The molecule has 0 spiro atoms. The Bertz CT molecular complexity index is 1030. The summed E-state index contributed by atoms with van der Waals surface area (Å²) in [5, 5.41) is 14.0. The maximum Gasteiger partial charge on any atom is 0.243 e. The monoisotopic (exact) mass is 451 g/mol. The molecule has 1 aliphatic rings. The van der Waals surface area contributed by atoms with Gasteiger partial charge < -0.3 is 9.84 Å². The zero-order valence-corrected chi connectivity index (χ0v) is 17.9. The molecule has 1 saturated heterocycles. The van der Waals surface area contributed by atoms with Gasteiger partial charge in [0.25, 0.3) is 0 Å². The molecule has 8 nitrogen and oxygen atoms in total. The summed E-state index contributed by atoms with van der Waals surface area (Å²) < 4.78 is 31.8. The highest BCUT2D eigenvalue weighted by atomic mass is 35.5.